The van der Waals surface area contributed by atoms with E-state index in [1.807, 2.05) is 70.2 Å². The topological polar surface area (TPSA) is 125 Å². The lowest BCUT2D eigenvalue weighted by Gasteiger charge is -2.41. The van der Waals surface area contributed by atoms with Crippen molar-refractivity contribution < 1.29 is 33.8 Å². The van der Waals surface area contributed by atoms with Crippen LogP contribution in [0.3, 0.4) is 0 Å². The minimum Gasteiger partial charge on any atom is -0.455 e. The van der Waals surface area contributed by atoms with Gasteiger partial charge in [-0.15, -0.1) is 0 Å². The van der Waals surface area contributed by atoms with Crippen LogP contribution < -0.4 is 5.32 Å². The van der Waals surface area contributed by atoms with Crippen molar-refractivity contribution in [3.63, 3.8) is 0 Å². The number of carbonyl (C=O) groups is 4. The van der Waals surface area contributed by atoms with Crippen LogP contribution in [0.4, 0.5) is 0 Å². The first-order chi connectivity index (χ1) is 20.5. The highest BCUT2D eigenvalue weighted by molar-refractivity contribution is 5.99. The van der Waals surface area contributed by atoms with E-state index in [2.05, 4.69) is 5.32 Å². The third-order valence-corrected chi connectivity index (χ3v) is 9.26. The van der Waals surface area contributed by atoms with Crippen LogP contribution >= 0.6 is 0 Å². The Hall–Kier alpha value is -3.50. The number of hydrogen-bond donors (Lipinski definition) is 2. The number of benzene rings is 1. The minimum absolute atomic E-state index is 0.164. The average molecular weight is 594 g/mol. The van der Waals surface area contributed by atoms with Gasteiger partial charge in [-0.1, -0.05) is 68.5 Å². The second kappa shape index (κ2) is 12.2. The van der Waals surface area contributed by atoms with Gasteiger partial charge < -0.3 is 29.7 Å². The maximum atomic E-state index is 14.5. The Balaban J connectivity index is 1.62. The second-order valence-corrected chi connectivity index (χ2v) is 12.7. The van der Waals surface area contributed by atoms with Crippen molar-refractivity contribution in [2.24, 2.45) is 17.8 Å². The van der Waals surface area contributed by atoms with Gasteiger partial charge in [0, 0.05) is 19.0 Å². The van der Waals surface area contributed by atoms with Gasteiger partial charge in [-0.05, 0) is 38.7 Å². The number of esters is 1. The second-order valence-electron chi connectivity index (χ2n) is 12.7. The lowest BCUT2D eigenvalue weighted by Crippen LogP contribution is -2.60. The number of nitrogens with zero attached hydrogens (tertiary/aromatic N) is 2. The first-order valence-corrected chi connectivity index (χ1v) is 15.3. The molecule has 0 aliphatic carbocycles. The zero-order valence-electron chi connectivity index (χ0n) is 25.5. The molecule has 4 heterocycles. The van der Waals surface area contributed by atoms with Gasteiger partial charge in [-0.25, -0.2) is 0 Å². The Morgan fingerprint density at radius 3 is 2.42 bits per heavy atom. The fraction of sp³-hybridized carbons (Fsp3) is 0.576. The van der Waals surface area contributed by atoms with Gasteiger partial charge in [0.15, 0.2) is 0 Å². The predicted octanol–water partition coefficient (Wildman–Crippen LogP) is 2.53. The smallest absolute Gasteiger partial charge is 0.313 e. The summed E-state index contributed by atoms with van der Waals surface area (Å²) in [6.07, 6.45) is 6.38. The molecule has 3 amide bonds. The number of rotatable bonds is 5. The molecule has 1 aromatic rings. The standard InChI is InChI=1S/C33H43N3O7/c1-19(2)23(18-37)36-29-31(40)35(20(3)4)17-11-7-10-14-25(38)34-21(5)28(22-12-8-6-9-13-22)42-32(41)26-24-15-16-33(29,43-24)27(26)30(36)39/h6-9,11-13,15-16,19-21,23-24,26-29,37H,10,14,17-18H2,1-5H3,(H,34,38)/b11-7-/t21-,23+,24+,26-,27-,28+,29+,33-/m1/s1. The van der Waals surface area contributed by atoms with E-state index in [0.29, 0.717) is 12.0 Å². The molecule has 5 bridgehead atoms. The summed E-state index contributed by atoms with van der Waals surface area (Å²) in [7, 11) is 0. The largest absolute Gasteiger partial charge is 0.455 e. The van der Waals surface area contributed by atoms with Crippen LogP contribution in [0.2, 0.25) is 0 Å². The van der Waals surface area contributed by atoms with Crippen LogP contribution in [0.5, 0.6) is 0 Å². The van der Waals surface area contributed by atoms with Gasteiger partial charge in [0.25, 0.3) is 0 Å². The molecule has 8 atom stereocenters. The predicted molar refractivity (Wildman–Crippen MR) is 158 cm³/mol. The molecule has 0 saturated carbocycles. The summed E-state index contributed by atoms with van der Waals surface area (Å²) in [6, 6.07) is 6.69. The summed E-state index contributed by atoms with van der Waals surface area (Å²) < 4.78 is 12.7. The van der Waals surface area contributed by atoms with Crippen LogP contribution in [0.1, 0.15) is 59.1 Å². The third-order valence-electron chi connectivity index (χ3n) is 9.26. The third kappa shape index (κ3) is 5.40. The highest BCUT2D eigenvalue weighted by Gasteiger charge is 2.74. The Kier molecular flexibility index (Phi) is 8.81. The van der Waals surface area contributed by atoms with E-state index in [-0.39, 0.29) is 43.3 Å². The Morgan fingerprint density at radius 2 is 1.77 bits per heavy atom. The average Bonchev–Trinajstić information content (AvgIpc) is 3.61. The van der Waals surface area contributed by atoms with Crippen LogP contribution in [-0.2, 0) is 28.7 Å². The molecule has 0 unspecified atom stereocenters. The SMILES string of the molecule is CC(C)[C@H](CO)N1C(=O)[C@H]2[C@@H]3C(=O)O[C@H](c4ccccc4)[C@@H](C)NC(=O)CC/C=C\CN(C(C)C)C(=O)[C@H]1[C@@]21C=C[C@@H]3O1. The maximum absolute atomic E-state index is 14.5. The molecular weight excluding hydrogens is 550 g/mol. The summed E-state index contributed by atoms with van der Waals surface area (Å²) in [5.74, 6) is -3.70. The molecule has 2 saturated heterocycles. The first-order valence-electron chi connectivity index (χ1n) is 15.3. The molecule has 4 aliphatic heterocycles. The van der Waals surface area contributed by atoms with E-state index >= 15 is 0 Å². The summed E-state index contributed by atoms with van der Waals surface area (Å²) in [6.45, 7) is 9.31. The highest BCUT2D eigenvalue weighted by Crippen LogP contribution is 2.56. The monoisotopic (exact) mass is 593 g/mol. The van der Waals surface area contributed by atoms with Crippen LogP contribution in [0.25, 0.3) is 0 Å². The Labute approximate surface area is 253 Å². The number of carbonyl (C=O) groups excluding carboxylic acids is 4. The zero-order valence-corrected chi connectivity index (χ0v) is 25.5. The first kappa shape index (κ1) is 30.9. The molecule has 43 heavy (non-hydrogen) atoms. The number of amides is 3. The van der Waals surface area contributed by atoms with Crippen molar-refractivity contribution in [3.05, 3.63) is 60.2 Å². The number of fused-ring (bicyclic) bond motifs is 2. The van der Waals surface area contributed by atoms with Crippen LogP contribution in [-0.4, -0.2) is 87.6 Å². The van der Waals surface area contributed by atoms with Gasteiger partial charge >= 0.3 is 5.97 Å². The molecule has 0 aromatic heterocycles. The number of likely N-dealkylation sites (tertiary alicyclic amines) is 1. The highest BCUT2D eigenvalue weighted by atomic mass is 16.6. The molecular formula is C33H43N3O7. The molecule has 232 valence electrons. The molecule has 2 N–H and O–H groups in total. The molecule has 10 heteroatoms. The van der Waals surface area contributed by atoms with Gasteiger partial charge in [0.2, 0.25) is 17.7 Å². The van der Waals surface area contributed by atoms with Crippen LogP contribution in [0.15, 0.2) is 54.6 Å². The van der Waals surface area contributed by atoms with Crippen molar-refractivity contribution in [2.45, 2.75) is 89.4 Å². The summed E-state index contributed by atoms with van der Waals surface area (Å²) in [5, 5.41) is 13.4. The Bertz CT molecular complexity index is 1290. The molecule has 4 aliphatic rings. The normalized spacial score (nSPS) is 34.5. The number of aliphatic hydroxyl groups is 1. The van der Waals surface area contributed by atoms with Gasteiger partial charge in [0.05, 0.1) is 30.7 Å². The number of allylic oxidation sites excluding steroid dienone is 1. The summed E-state index contributed by atoms with van der Waals surface area (Å²) >= 11 is 0. The quantitative estimate of drug-likeness (QED) is 0.397. The summed E-state index contributed by atoms with van der Waals surface area (Å²) in [4.78, 5) is 59.0. The maximum Gasteiger partial charge on any atom is 0.313 e. The number of cyclic esters (lactones) is 1. The summed E-state index contributed by atoms with van der Waals surface area (Å²) in [5.41, 5.74) is -0.673. The van der Waals surface area contributed by atoms with Crippen LogP contribution in [0, 0.1) is 17.8 Å². The number of nitrogens with one attached hydrogen (secondary N) is 1. The van der Waals surface area contributed by atoms with Crippen molar-refractivity contribution in [2.75, 3.05) is 13.2 Å². The van der Waals surface area contributed by atoms with Gasteiger partial charge in [0.1, 0.15) is 23.7 Å². The Morgan fingerprint density at radius 1 is 1.05 bits per heavy atom. The minimum atomic E-state index is -1.38. The van der Waals surface area contributed by atoms with E-state index < -0.39 is 59.6 Å². The zero-order chi connectivity index (χ0) is 31.1. The van der Waals surface area contributed by atoms with E-state index in [1.165, 1.54) is 4.90 Å². The van der Waals surface area contributed by atoms with E-state index in [0.717, 1.165) is 0 Å². The molecule has 0 radical (unpaired) electrons. The fourth-order valence-corrected chi connectivity index (χ4v) is 7.07. The molecule has 2 fully saturated rings. The van der Waals surface area contributed by atoms with E-state index in [9.17, 15) is 24.3 Å². The number of aliphatic hydroxyl groups excluding tert-OH is 1. The van der Waals surface area contributed by atoms with Gasteiger partial charge in [-0.2, -0.15) is 0 Å². The fourth-order valence-electron chi connectivity index (χ4n) is 7.07. The van der Waals surface area contributed by atoms with E-state index in [4.69, 9.17) is 9.47 Å². The molecule has 1 spiro atoms. The van der Waals surface area contributed by atoms with Gasteiger partial charge in [-0.3, -0.25) is 19.2 Å². The number of ether oxygens (including phenoxy) is 2. The number of hydrogen-bond acceptors (Lipinski definition) is 7. The lowest BCUT2D eigenvalue weighted by atomic mass is 9.74. The van der Waals surface area contributed by atoms with Crippen molar-refractivity contribution >= 4 is 23.7 Å². The molecule has 10 nitrogen and oxygen atoms in total. The van der Waals surface area contributed by atoms with Crippen molar-refractivity contribution in [1.29, 1.82) is 0 Å². The van der Waals surface area contributed by atoms with E-state index in [1.54, 1.807) is 24.0 Å². The molecule has 5 rings (SSSR count). The van der Waals surface area contributed by atoms with Crippen molar-refractivity contribution in [3.8, 4) is 0 Å². The lowest BCUT2D eigenvalue weighted by molar-refractivity contribution is -0.162. The van der Waals surface area contributed by atoms with Crippen molar-refractivity contribution in [1.82, 2.24) is 15.1 Å². The molecule has 1 aromatic carbocycles.